The summed E-state index contributed by atoms with van der Waals surface area (Å²) in [5.41, 5.74) is 0.882. The van der Waals surface area contributed by atoms with E-state index in [1.54, 1.807) is 26.2 Å². The third kappa shape index (κ3) is 5.85. The fourth-order valence-electron chi connectivity index (χ4n) is 3.24. The number of carbonyl (C=O) groups is 2. The molecule has 156 valence electrons. The Morgan fingerprint density at radius 1 is 1.18 bits per heavy atom. The van der Waals surface area contributed by atoms with E-state index in [4.69, 9.17) is 14.2 Å². The fraction of sp³-hybridized carbons (Fsp3) is 0.579. The number of likely N-dealkylation sites (N-methyl/N-ethyl adjacent to an activating group) is 1. The van der Waals surface area contributed by atoms with Crippen LogP contribution in [0.2, 0.25) is 0 Å². The molecule has 1 saturated heterocycles. The molecule has 1 atom stereocenters. The molecule has 9 heteroatoms. The van der Waals surface area contributed by atoms with Crippen LogP contribution in [0.5, 0.6) is 11.5 Å². The lowest BCUT2D eigenvalue weighted by atomic mass is 10.1. The Morgan fingerprint density at radius 3 is 2.46 bits per heavy atom. The molecule has 28 heavy (non-hydrogen) atoms. The lowest BCUT2D eigenvalue weighted by Gasteiger charge is -2.26. The SMILES string of the molecule is CCN(C(=O)COC(=O)CCc1ccc(OC)c(OC)c1)[C@H]1CCS(=O)(=O)C1. The molecule has 1 heterocycles. The average Bonchev–Trinajstić information content (AvgIpc) is 3.04. The number of methoxy groups -OCH3 is 2. The second kappa shape index (κ2) is 9.77. The fourth-order valence-corrected chi connectivity index (χ4v) is 4.97. The van der Waals surface area contributed by atoms with Gasteiger partial charge in [0.15, 0.2) is 27.9 Å². The van der Waals surface area contributed by atoms with Crippen molar-refractivity contribution >= 4 is 21.7 Å². The van der Waals surface area contributed by atoms with Crippen molar-refractivity contribution in [1.82, 2.24) is 4.90 Å². The van der Waals surface area contributed by atoms with E-state index in [0.29, 0.717) is 30.9 Å². The predicted molar refractivity (Wildman–Crippen MR) is 103 cm³/mol. The number of esters is 1. The van der Waals surface area contributed by atoms with Gasteiger partial charge in [0.1, 0.15) is 0 Å². The molecule has 1 aromatic rings. The van der Waals surface area contributed by atoms with E-state index in [0.717, 1.165) is 5.56 Å². The second-order valence-electron chi connectivity index (χ2n) is 6.59. The van der Waals surface area contributed by atoms with Crippen molar-refractivity contribution in [3.63, 3.8) is 0 Å². The van der Waals surface area contributed by atoms with Gasteiger partial charge < -0.3 is 19.1 Å². The first-order valence-corrected chi connectivity index (χ1v) is 11.0. The Labute approximate surface area is 165 Å². The summed E-state index contributed by atoms with van der Waals surface area (Å²) < 4.78 is 38.7. The summed E-state index contributed by atoms with van der Waals surface area (Å²) in [7, 11) is 0.0000704. The van der Waals surface area contributed by atoms with Crippen LogP contribution < -0.4 is 9.47 Å². The minimum Gasteiger partial charge on any atom is -0.493 e. The van der Waals surface area contributed by atoms with E-state index < -0.39 is 15.8 Å². The lowest BCUT2D eigenvalue weighted by molar-refractivity contribution is -0.152. The van der Waals surface area contributed by atoms with Gasteiger partial charge in [-0.25, -0.2) is 8.42 Å². The molecule has 1 aliphatic rings. The third-order valence-electron chi connectivity index (χ3n) is 4.73. The Morgan fingerprint density at radius 2 is 1.89 bits per heavy atom. The number of amides is 1. The van der Waals surface area contributed by atoms with Crippen LogP contribution in [0.4, 0.5) is 0 Å². The van der Waals surface area contributed by atoms with Gasteiger partial charge in [0, 0.05) is 19.0 Å². The Hall–Kier alpha value is -2.29. The summed E-state index contributed by atoms with van der Waals surface area (Å²) in [6.45, 7) is 1.78. The number of sulfone groups is 1. The minimum absolute atomic E-state index is 0.0279. The maximum absolute atomic E-state index is 12.3. The number of nitrogens with zero attached hydrogens (tertiary/aromatic N) is 1. The molecule has 1 aliphatic heterocycles. The molecular weight excluding hydrogens is 386 g/mol. The van der Waals surface area contributed by atoms with E-state index in [-0.39, 0.29) is 36.5 Å². The zero-order valence-electron chi connectivity index (χ0n) is 16.5. The van der Waals surface area contributed by atoms with Crippen LogP contribution in [-0.4, -0.2) is 70.1 Å². The maximum Gasteiger partial charge on any atom is 0.306 e. The van der Waals surface area contributed by atoms with Gasteiger partial charge in [-0.15, -0.1) is 0 Å². The van der Waals surface area contributed by atoms with Gasteiger partial charge in [0.05, 0.1) is 25.7 Å². The number of aryl methyl sites for hydroxylation is 1. The van der Waals surface area contributed by atoms with Crippen molar-refractivity contribution in [2.75, 3.05) is 38.9 Å². The molecule has 0 bridgehead atoms. The highest BCUT2D eigenvalue weighted by Gasteiger charge is 2.34. The van der Waals surface area contributed by atoms with Crippen LogP contribution in [-0.2, 0) is 30.6 Å². The number of hydrogen-bond acceptors (Lipinski definition) is 7. The number of hydrogen-bond donors (Lipinski definition) is 0. The van der Waals surface area contributed by atoms with Crippen molar-refractivity contribution < 1.29 is 32.2 Å². The van der Waals surface area contributed by atoms with Crippen molar-refractivity contribution in [3.8, 4) is 11.5 Å². The zero-order valence-corrected chi connectivity index (χ0v) is 17.3. The molecule has 1 amide bonds. The summed E-state index contributed by atoms with van der Waals surface area (Å²) in [6.07, 6.45) is 0.980. The summed E-state index contributed by atoms with van der Waals surface area (Å²) in [4.78, 5) is 25.8. The molecule has 0 radical (unpaired) electrons. The highest BCUT2D eigenvalue weighted by Crippen LogP contribution is 2.28. The number of carbonyl (C=O) groups excluding carboxylic acids is 2. The summed E-state index contributed by atoms with van der Waals surface area (Å²) in [6, 6.07) is 5.04. The van der Waals surface area contributed by atoms with Gasteiger partial charge in [0.25, 0.3) is 5.91 Å². The summed E-state index contributed by atoms with van der Waals surface area (Å²) in [5.74, 6) is 0.385. The van der Waals surface area contributed by atoms with Crippen LogP contribution in [0.15, 0.2) is 18.2 Å². The summed E-state index contributed by atoms with van der Waals surface area (Å²) in [5, 5.41) is 0. The molecule has 0 aliphatic carbocycles. The zero-order chi connectivity index (χ0) is 20.7. The number of ether oxygens (including phenoxy) is 3. The van der Waals surface area contributed by atoms with E-state index in [1.807, 2.05) is 6.07 Å². The third-order valence-corrected chi connectivity index (χ3v) is 6.48. The van der Waals surface area contributed by atoms with Crippen LogP contribution in [0, 0.1) is 0 Å². The molecule has 8 nitrogen and oxygen atoms in total. The first-order chi connectivity index (χ1) is 13.3. The molecule has 0 saturated carbocycles. The first-order valence-electron chi connectivity index (χ1n) is 9.16. The van der Waals surface area contributed by atoms with E-state index >= 15 is 0 Å². The average molecular weight is 413 g/mol. The van der Waals surface area contributed by atoms with Gasteiger partial charge >= 0.3 is 5.97 Å². The standard InChI is InChI=1S/C19H27NO7S/c1-4-20(15-9-10-28(23,24)13-15)18(21)12-27-19(22)8-6-14-5-7-16(25-2)17(11-14)26-3/h5,7,11,15H,4,6,8-10,12-13H2,1-3H3/t15-/m0/s1. The topological polar surface area (TPSA) is 99.2 Å². The van der Waals surface area contributed by atoms with Crippen molar-refractivity contribution in [3.05, 3.63) is 23.8 Å². The first kappa shape index (κ1) is 22.0. The Kier molecular flexibility index (Phi) is 7.68. The van der Waals surface area contributed by atoms with Crippen LogP contribution in [0.25, 0.3) is 0 Å². The van der Waals surface area contributed by atoms with Crippen molar-refractivity contribution in [2.24, 2.45) is 0 Å². The smallest absolute Gasteiger partial charge is 0.306 e. The predicted octanol–water partition coefficient (Wildman–Crippen LogP) is 1.22. The van der Waals surface area contributed by atoms with Crippen LogP contribution in [0.1, 0.15) is 25.3 Å². The van der Waals surface area contributed by atoms with Crippen LogP contribution >= 0.6 is 0 Å². The molecule has 2 rings (SSSR count). The van der Waals surface area contributed by atoms with Gasteiger partial charge in [-0.2, -0.15) is 0 Å². The van der Waals surface area contributed by atoms with E-state index in [2.05, 4.69) is 0 Å². The molecular formula is C19H27NO7S. The molecule has 1 fully saturated rings. The monoisotopic (exact) mass is 413 g/mol. The minimum atomic E-state index is -3.09. The lowest BCUT2D eigenvalue weighted by Crippen LogP contribution is -2.43. The van der Waals surface area contributed by atoms with Crippen molar-refractivity contribution in [2.45, 2.75) is 32.2 Å². The van der Waals surface area contributed by atoms with Gasteiger partial charge in [-0.3, -0.25) is 9.59 Å². The Balaban J connectivity index is 1.82. The van der Waals surface area contributed by atoms with Crippen LogP contribution in [0.3, 0.4) is 0 Å². The molecule has 0 unspecified atom stereocenters. The van der Waals surface area contributed by atoms with Gasteiger partial charge in [-0.05, 0) is 37.5 Å². The normalized spacial score (nSPS) is 17.8. The van der Waals surface area contributed by atoms with E-state index in [1.165, 1.54) is 12.0 Å². The molecule has 0 spiro atoms. The number of benzene rings is 1. The molecule has 0 aromatic heterocycles. The number of rotatable bonds is 9. The molecule has 0 N–H and O–H groups in total. The van der Waals surface area contributed by atoms with E-state index in [9.17, 15) is 18.0 Å². The highest BCUT2D eigenvalue weighted by molar-refractivity contribution is 7.91. The highest BCUT2D eigenvalue weighted by atomic mass is 32.2. The second-order valence-corrected chi connectivity index (χ2v) is 8.82. The van der Waals surface area contributed by atoms with Gasteiger partial charge in [-0.1, -0.05) is 6.07 Å². The largest absolute Gasteiger partial charge is 0.493 e. The molecule has 1 aromatic carbocycles. The quantitative estimate of drug-likeness (QED) is 0.561. The maximum atomic E-state index is 12.3. The van der Waals surface area contributed by atoms with Crippen molar-refractivity contribution in [1.29, 1.82) is 0 Å². The summed E-state index contributed by atoms with van der Waals surface area (Å²) >= 11 is 0. The Bertz CT molecular complexity index is 807. The van der Waals surface area contributed by atoms with Gasteiger partial charge in [0.2, 0.25) is 0 Å².